The van der Waals surface area contributed by atoms with E-state index < -0.39 is 0 Å². The highest BCUT2D eigenvalue weighted by Crippen LogP contribution is 2.30. The highest BCUT2D eigenvalue weighted by Gasteiger charge is 2.28. The maximum absolute atomic E-state index is 6.08. The Morgan fingerprint density at radius 1 is 1.41 bits per heavy atom. The van der Waals surface area contributed by atoms with Crippen molar-refractivity contribution >= 4 is 11.6 Å². The van der Waals surface area contributed by atoms with Gasteiger partial charge in [0.2, 0.25) is 0 Å². The van der Waals surface area contributed by atoms with Crippen LogP contribution in [-0.4, -0.2) is 19.7 Å². The first-order chi connectivity index (χ1) is 8.20. The molecule has 0 aromatic heterocycles. The number of halogens is 1. The van der Waals surface area contributed by atoms with Gasteiger partial charge < -0.3 is 10.1 Å². The lowest BCUT2D eigenvalue weighted by Crippen LogP contribution is -2.29. The molecule has 94 valence electrons. The standard InChI is InChI=1S/C14H20ClNO/c1-10-8-12(6-7-13(10)15)17-14-5-3-4-11(14)9-16-2/h6-8,11,14,16H,3-5,9H2,1-2H3. The molecule has 0 radical (unpaired) electrons. The maximum Gasteiger partial charge on any atom is 0.120 e. The van der Waals surface area contributed by atoms with E-state index in [2.05, 4.69) is 5.32 Å². The molecule has 0 heterocycles. The average Bonchev–Trinajstić information content (AvgIpc) is 2.72. The number of ether oxygens (including phenoxy) is 1. The van der Waals surface area contributed by atoms with Gasteiger partial charge in [0.25, 0.3) is 0 Å². The predicted molar refractivity (Wildman–Crippen MR) is 71.9 cm³/mol. The van der Waals surface area contributed by atoms with Crippen molar-refractivity contribution < 1.29 is 4.74 Å². The van der Waals surface area contributed by atoms with Crippen LogP contribution in [0, 0.1) is 12.8 Å². The summed E-state index contributed by atoms with van der Waals surface area (Å²) in [5, 5.41) is 4.05. The molecule has 2 atom stereocenters. The molecule has 1 saturated carbocycles. The molecule has 0 aliphatic heterocycles. The van der Waals surface area contributed by atoms with Gasteiger partial charge in [0.1, 0.15) is 11.9 Å². The molecule has 0 bridgehead atoms. The fourth-order valence-electron chi connectivity index (χ4n) is 2.52. The SMILES string of the molecule is CNCC1CCCC1Oc1ccc(Cl)c(C)c1. The van der Waals surface area contributed by atoms with E-state index in [0.29, 0.717) is 12.0 Å². The zero-order chi connectivity index (χ0) is 12.3. The fourth-order valence-corrected chi connectivity index (χ4v) is 2.64. The average molecular weight is 254 g/mol. The van der Waals surface area contributed by atoms with Crippen LogP contribution in [0.4, 0.5) is 0 Å². The molecular weight excluding hydrogens is 234 g/mol. The van der Waals surface area contributed by atoms with Crippen LogP contribution in [0.2, 0.25) is 5.02 Å². The number of aryl methyl sites for hydroxylation is 1. The first-order valence-electron chi connectivity index (χ1n) is 6.28. The summed E-state index contributed by atoms with van der Waals surface area (Å²) in [5.74, 6) is 1.58. The van der Waals surface area contributed by atoms with Crippen molar-refractivity contribution in [1.29, 1.82) is 0 Å². The number of nitrogens with one attached hydrogen (secondary N) is 1. The van der Waals surface area contributed by atoms with Gasteiger partial charge in [-0.25, -0.2) is 0 Å². The lowest BCUT2D eigenvalue weighted by Gasteiger charge is -2.21. The zero-order valence-electron chi connectivity index (χ0n) is 10.5. The minimum absolute atomic E-state index is 0.350. The van der Waals surface area contributed by atoms with E-state index in [0.717, 1.165) is 29.3 Å². The second kappa shape index (κ2) is 5.74. The van der Waals surface area contributed by atoms with E-state index in [1.54, 1.807) is 0 Å². The van der Waals surface area contributed by atoms with Crippen LogP contribution in [0.3, 0.4) is 0 Å². The Labute approximate surface area is 108 Å². The van der Waals surface area contributed by atoms with Crippen molar-refractivity contribution in [2.75, 3.05) is 13.6 Å². The number of benzene rings is 1. The number of hydrogen-bond acceptors (Lipinski definition) is 2. The van der Waals surface area contributed by atoms with Gasteiger partial charge in [0, 0.05) is 17.5 Å². The Balaban J connectivity index is 2.02. The highest BCUT2D eigenvalue weighted by atomic mass is 35.5. The largest absolute Gasteiger partial charge is 0.490 e. The minimum atomic E-state index is 0.350. The van der Waals surface area contributed by atoms with E-state index >= 15 is 0 Å². The summed E-state index contributed by atoms with van der Waals surface area (Å²) in [5.41, 5.74) is 1.08. The van der Waals surface area contributed by atoms with Crippen LogP contribution < -0.4 is 10.1 Å². The molecule has 2 rings (SSSR count). The molecule has 1 fully saturated rings. The molecule has 17 heavy (non-hydrogen) atoms. The molecule has 1 aromatic rings. The third-order valence-corrected chi connectivity index (χ3v) is 3.90. The van der Waals surface area contributed by atoms with Gasteiger partial charge in [0.05, 0.1) is 0 Å². The normalized spacial score (nSPS) is 23.9. The predicted octanol–water partition coefficient (Wildman–Crippen LogP) is 3.42. The summed E-state index contributed by atoms with van der Waals surface area (Å²) >= 11 is 6.01. The van der Waals surface area contributed by atoms with E-state index in [9.17, 15) is 0 Å². The molecule has 2 nitrogen and oxygen atoms in total. The van der Waals surface area contributed by atoms with Crippen LogP contribution in [0.25, 0.3) is 0 Å². The van der Waals surface area contributed by atoms with Crippen molar-refractivity contribution in [3.8, 4) is 5.75 Å². The Hall–Kier alpha value is -0.730. The van der Waals surface area contributed by atoms with Gasteiger partial charge in [-0.05, 0) is 57.0 Å². The van der Waals surface area contributed by atoms with Gasteiger partial charge in [-0.1, -0.05) is 11.6 Å². The molecule has 2 unspecified atom stereocenters. The Kier molecular flexibility index (Phi) is 4.30. The van der Waals surface area contributed by atoms with Crippen molar-refractivity contribution in [2.24, 2.45) is 5.92 Å². The minimum Gasteiger partial charge on any atom is -0.490 e. The zero-order valence-corrected chi connectivity index (χ0v) is 11.3. The lowest BCUT2D eigenvalue weighted by molar-refractivity contribution is 0.158. The Morgan fingerprint density at radius 2 is 2.24 bits per heavy atom. The van der Waals surface area contributed by atoms with E-state index in [1.165, 1.54) is 12.8 Å². The topological polar surface area (TPSA) is 21.3 Å². The van der Waals surface area contributed by atoms with Crippen LogP contribution in [0.15, 0.2) is 18.2 Å². The molecule has 1 aliphatic carbocycles. The molecule has 1 aromatic carbocycles. The summed E-state index contributed by atoms with van der Waals surface area (Å²) < 4.78 is 6.08. The van der Waals surface area contributed by atoms with Crippen molar-refractivity contribution in [1.82, 2.24) is 5.32 Å². The van der Waals surface area contributed by atoms with Gasteiger partial charge in [0.15, 0.2) is 0 Å². The third-order valence-electron chi connectivity index (χ3n) is 3.47. The van der Waals surface area contributed by atoms with Gasteiger partial charge in [-0.15, -0.1) is 0 Å². The van der Waals surface area contributed by atoms with Crippen LogP contribution in [0.5, 0.6) is 5.75 Å². The summed E-state index contributed by atoms with van der Waals surface area (Å²) in [6.07, 6.45) is 4.04. The summed E-state index contributed by atoms with van der Waals surface area (Å²) in [7, 11) is 2.00. The second-order valence-corrected chi connectivity index (χ2v) is 5.22. The smallest absolute Gasteiger partial charge is 0.120 e. The number of rotatable bonds is 4. The van der Waals surface area contributed by atoms with Gasteiger partial charge in [-0.2, -0.15) is 0 Å². The molecule has 0 amide bonds. The third kappa shape index (κ3) is 3.14. The molecule has 0 spiro atoms. The van der Waals surface area contributed by atoms with Crippen molar-refractivity contribution in [3.05, 3.63) is 28.8 Å². The van der Waals surface area contributed by atoms with Crippen molar-refractivity contribution in [3.63, 3.8) is 0 Å². The van der Waals surface area contributed by atoms with Crippen LogP contribution in [0.1, 0.15) is 24.8 Å². The molecule has 0 saturated heterocycles. The van der Waals surface area contributed by atoms with Gasteiger partial charge >= 0.3 is 0 Å². The molecule has 1 aliphatic rings. The Bertz CT molecular complexity index is 380. The maximum atomic E-state index is 6.08. The molecular formula is C14H20ClNO. The summed E-state index contributed by atoms with van der Waals surface area (Å²) in [4.78, 5) is 0. The lowest BCUT2D eigenvalue weighted by atomic mass is 10.1. The van der Waals surface area contributed by atoms with E-state index in [-0.39, 0.29) is 0 Å². The molecule has 1 N–H and O–H groups in total. The monoisotopic (exact) mass is 253 g/mol. The van der Waals surface area contributed by atoms with E-state index in [1.807, 2.05) is 32.2 Å². The summed E-state index contributed by atoms with van der Waals surface area (Å²) in [6, 6.07) is 5.90. The second-order valence-electron chi connectivity index (χ2n) is 4.82. The number of hydrogen-bond donors (Lipinski definition) is 1. The fraction of sp³-hybridized carbons (Fsp3) is 0.571. The van der Waals surface area contributed by atoms with Crippen LogP contribution in [-0.2, 0) is 0 Å². The van der Waals surface area contributed by atoms with Crippen molar-refractivity contribution in [2.45, 2.75) is 32.3 Å². The Morgan fingerprint density at radius 3 is 2.94 bits per heavy atom. The van der Waals surface area contributed by atoms with Gasteiger partial charge in [-0.3, -0.25) is 0 Å². The molecule has 3 heteroatoms. The first-order valence-corrected chi connectivity index (χ1v) is 6.66. The highest BCUT2D eigenvalue weighted by molar-refractivity contribution is 6.31. The quantitative estimate of drug-likeness (QED) is 0.888. The van der Waals surface area contributed by atoms with Crippen LogP contribution >= 0.6 is 11.6 Å². The summed E-state index contributed by atoms with van der Waals surface area (Å²) in [6.45, 7) is 3.05. The first kappa shape index (κ1) is 12.7. The van der Waals surface area contributed by atoms with E-state index in [4.69, 9.17) is 16.3 Å².